The van der Waals surface area contributed by atoms with Gasteiger partial charge in [0.2, 0.25) is 5.91 Å². The molecular weight excluding hydrogens is 341 g/mol. The van der Waals surface area contributed by atoms with Gasteiger partial charge in [0.1, 0.15) is 5.82 Å². The summed E-state index contributed by atoms with van der Waals surface area (Å²) in [6, 6.07) is 14.7. The summed E-state index contributed by atoms with van der Waals surface area (Å²) in [4.78, 5) is 16.5. The molecule has 1 fully saturated rings. The van der Waals surface area contributed by atoms with E-state index in [1.807, 2.05) is 23.1 Å². The molecule has 3 rings (SSSR count). The summed E-state index contributed by atoms with van der Waals surface area (Å²) in [6.45, 7) is 6.74. The normalized spacial score (nSPS) is 14.7. The summed E-state index contributed by atoms with van der Waals surface area (Å²) in [6.07, 6.45) is 3.51. The molecule has 1 aliphatic rings. The Bertz CT molecular complexity index is 763. The number of nitrogens with zero attached hydrogens (tertiary/aromatic N) is 2. The van der Waals surface area contributed by atoms with E-state index in [1.54, 1.807) is 18.2 Å². The van der Waals surface area contributed by atoms with Crippen LogP contribution >= 0.6 is 0 Å². The largest absolute Gasteiger partial charge is 0.368 e. The Hall–Kier alpha value is -2.66. The highest BCUT2D eigenvalue weighted by molar-refractivity contribution is 5.92. The van der Waals surface area contributed by atoms with Crippen LogP contribution in [0, 0.1) is 5.82 Å². The molecule has 0 saturated carbocycles. The molecule has 1 N–H and O–H groups in total. The van der Waals surface area contributed by atoms with Gasteiger partial charge in [0.25, 0.3) is 0 Å². The number of hydrogen-bond donors (Lipinski definition) is 1. The van der Waals surface area contributed by atoms with E-state index in [-0.39, 0.29) is 11.7 Å². The Morgan fingerprint density at radius 1 is 1.04 bits per heavy atom. The van der Waals surface area contributed by atoms with E-state index in [2.05, 4.69) is 29.3 Å². The number of benzene rings is 2. The van der Waals surface area contributed by atoms with Crippen molar-refractivity contribution in [2.75, 3.05) is 37.6 Å². The second-order valence-corrected chi connectivity index (χ2v) is 6.64. The number of hydrogen-bond acceptors (Lipinski definition) is 3. The molecule has 0 spiro atoms. The van der Waals surface area contributed by atoms with Crippen LogP contribution in [-0.2, 0) is 11.3 Å². The number of piperazine rings is 1. The molecule has 0 aliphatic carbocycles. The Balaban J connectivity index is 1.50. The Labute approximate surface area is 160 Å². The maximum absolute atomic E-state index is 13.0. The summed E-state index contributed by atoms with van der Waals surface area (Å²) < 4.78 is 13.0. The third-order valence-corrected chi connectivity index (χ3v) is 4.76. The van der Waals surface area contributed by atoms with Crippen molar-refractivity contribution < 1.29 is 9.18 Å². The first kappa shape index (κ1) is 19.1. The van der Waals surface area contributed by atoms with Gasteiger partial charge in [-0.2, -0.15) is 0 Å². The molecule has 1 aliphatic heterocycles. The van der Waals surface area contributed by atoms with E-state index in [4.69, 9.17) is 0 Å². The molecule has 1 heterocycles. The number of nitrogens with one attached hydrogen (secondary N) is 1. The molecule has 0 atom stereocenters. The standard InChI is InChI=1S/C22H26FN3O/c1-2-24-17-19-5-3-18(4-6-19)7-12-22(27)26-15-13-25(14-16-26)21-10-8-20(23)9-11-21/h3-12,24H,2,13-17H2,1H3/b12-7+. The molecule has 0 unspecified atom stereocenters. The van der Waals surface area contributed by atoms with E-state index >= 15 is 0 Å². The fraction of sp³-hybridized carbons (Fsp3) is 0.318. The van der Waals surface area contributed by atoms with Crippen LogP contribution in [0.1, 0.15) is 18.1 Å². The van der Waals surface area contributed by atoms with Crippen molar-refractivity contribution in [2.24, 2.45) is 0 Å². The maximum Gasteiger partial charge on any atom is 0.246 e. The predicted molar refractivity (Wildman–Crippen MR) is 108 cm³/mol. The van der Waals surface area contributed by atoms with Crippen LogP contribution in [0.4, 0.5) is 10.1 Å². The van der Waals surface area contributed by atoms with E-state index < -0.39 is 0 Å². The molecule has 2 aromatic carbocycles. The van der Waals surface area contributed by atoms with Gasteiger partial charge < -0.3 is 15.1 Å². The first-order valence-corrected chi connectivity index (χ1v) is 9.43. The van der Waals surface area contributed by atoms with Crippen LogP contribution in [0.25, 0.3) is 6.08 Å². The first-order chi connectivity index (χ1) is 13.2. The van der Waals surface area contributed by atoms with Gasteiger partial charge in [-0.3, -0.25) is 4.79 Å². The van der Waals surface area contributed by atoms with Crippen LogP contribution in [0.5, 0.6) is 0 Å². The second kappa shape index (κ2) is 9.33. The van der Waals surface area contributed by atoms with Gasteiger partial charge in [-0.1, -0.05) is 31.2 Å². The van der Waals surface area contributed by atoms with E-state index in [0.29, 0.717) is 13.1 Å². The molecule has 2 aromatic rings. The van der Waals surface area contributed by atoms with Gasteiger partial charge in [0.05, 0.1) is 0 Å². The lowest BCUT2D eigenvalue weighted by Crippen LogP contribution is -2.48. The summed E-state index contributed by atoms with van der Waals surface area (Å²) in [5.41, 5.74) is 3.25. The van der Waals surface area contributed by atoms with Crippen molar-refractivity contribution >= 4 is 17.7 Å². The summed E-state index contributed by atoms with van der Waals surface area (Å²) in [5, 5.41) is 3.29. The van der Waals surface area contributed by atoms with Crippen LogP contribution in [-0.4, -0.2) is 43.5 Å². The minimum atomic E-state index is -0.229. The van der Waals surface area contributed by atoms with Crippen molar-refractivity contribution in [3.05, 3.63) is 71.6 Å². The van der Waals surface area contributed by atoms with Crippen LogP contribution < -0.4 is 10.2 Å². The van der Waals surface area contributed by atoms with E-state index in [0.717, 1.165) is 37.4 Å². The predicted octanol–water partition coefficient (Wildman–Crippen LogP) is 3.30. The van der Waals surface area contributed by atoms with Gasteiger partial charge in [0.15, 0.2) is 0 Å². The zero-order chi connectivity index (χ0) is 19.1. The Morgan fingerprint density at radius 3 is 2.33 bits per heavy atom. The summed E-state index contributed by atoms with van der Waals surface area (Å²) >= 11 is 0. The number of rotatable bonds is 6. The minimum absolute atomic E-state index is 0.0329. The lowest BCUT2D eigenvalue weighted by atomic mass is 10.1. The average molecular weight is 367 g/mol. The topological polar surface area (TPSA) is 35.6 Å². The maximum atomic E-state index is 13.0. The van der Waals surface area contributed by atoms with Gasteiger partial charge in [-0.25, -0.2) is 4.39 Å². The monoisotopic (exact) mass is 367 g/mol. The SMILES string of the molecule is CCNCc1ccc(/C=C/C(=O)N2CCN(c3ccc(F)cc3)CC2)cc1. The average Bonchev–Trinajstić information content (AvgIpc) is 2.72. The summed E-state index contributed by atoms with van der Waals surface area (Å²) in [5.74, 6) is -0.196. The quantitative estimate of drug-likeness (QED) is 0.796. The van der Waals surface area contributed by atoms with Crippen LogP contribution in [0.3, 0.4) is 0 Å². The third-order valence-electron chi connectivity index (χ3n) is 4.76. The molecule has 27 heavy (non-hydrogen) atoms. The highest BCUT2D eigenvalue weighted by Crippen LogP contribution is 2.17. The van der Waals surface area contributed by atoms with E-state index in [9.17, 15) is 9.18 Å². The molecule has 5 heteroatoms. The minimum Gasteiger partial charge on any atom is -0.368 e. The number of carbonyl (C=O) groups is 1. The zero-order valence-corrected chi connectivity index (χ0v) is 15.7. The molecule has 0 radical (unpaired) electrons. The molecule has 142 valence electrons. The first-order valence-electron chi connectivity index (χ1n) is 9.43. The lowest BCUT2D eigenvalue weighted by molar-refractivity contribution is -0.126. The molecule has 1 saturated heterocycles. The fourth-order valence-corrected chi connectivity index (χ4v) is 3.13. The number of halogens is 1. The molecule has 1 amide bonds. The number of anilines is 1. The lowest BCUT2D eigenvalue weighted by Gasteiger charge is -2.35. The van der Waals surface area contributed by atoms with Crippen molar-refractivity contribution in [2.45, 2.75) is 13.5 Å². The Kier molecular flexibility index (Phi) is 6.60. The highest BCUT2D eigenvalue weighted by atomic mass is 19.1. The molecule has 0 aromatic heterocycles. The Morgan fingerprint density at radius 2 is 1.70 bits per heavy atom. The summed E-state index contributed by atoms with van der Waals surface area (Å²) in [7, 11) is 0. The third kappa shape index (κ3) is 5.41. The number of carbonyl (C=O) groups excluding carboxylic acids is 1. The van der Waals surface area contributed by atoms with E-state index in [1.165, 1.54) is 17.7 Å². The smallest absolute Gasteiger partial charge is 0.246 e. The van der Waals surface area contributed by atoms with Gasteiger partial charge in [0, 0.05) is 44.5 Å². The van der Waals surface area contributed by atoms with Crippen molar-refractivity contribution in [3.63, 3.8) is 0 Å². The highest BCUT2D eigenvalue weighted by Gasteiger charge is 2.19. The molecule has 4 nitrogen and oxygen atoms in total. The zero-order valence-electron chi connectivity index (χ0n) is 15.7. The van der Waals surface area contributed by atoms with Crippen molar-refractivity contribution in [1.29, 1.82) is 0 Å². The van der Waals surface area contributed by atoms with Crippen molar-refractivity contribution in [1.82, 2.24) is 10.2 Å². The number of amides is 1. The van der Waals surface area contributed by atoms with Crippen LogP contribution in [0.2, 0.25) is 0 Å². The van der Waals surface area contributed by atoms with Gasteiger partial charge >= 0.3 is 0 Å². The molecule has 0 bridgehead atoms. The van der Waals surface area contributed by atoms with Crippen LogP contribution in [0.15, 0.2) is 54.6 Å². The van der Waals surface area contributed by atoms with Gasteiger partial charge in [-0.15, -0.1) is 0 Å². The fourth-order valence-electron chi connectivity index (χ4n) is 3.13. The molecular formula is C22H26FN3O. The second-order valence-electron chi connectivity index (χ2n) is 6.64. The van der Waals surface area contributed by atoms with Gasteiger partial charge in [-0.05, 0) is 48.0 Å². The van der Waals surface area contributed by atoms with Crippen molar-refractivity contribution in [3.8, 4) is 0 Å².